The van der Waals surface area contributed by atoms with Crippen LogP contribution in [0.15, 0.2) is 35.7 Å². The molecule has 2 aromatic heterocycles. The number of thiophene rings is 1. The van der Waals surface area contributed by atoms with Crippen LogP contribution in [0.3, 0.4) is 0 Å². The van der Waals surface area contributed by atoms with E-state index in [4.69, 9.17) is 10.6 Å². The van der Waals surface area contributed by atoms with E-state index in [0.717, 1.165) is 4.88 Å². The smallest absolute Gasteiger partial charge is 0.283 e. The molecule has 0 bridgehead atoms. The van der Waals surface area contributed by atoms with Crippen molar-refractivity contribution in [2.75, 3.05) is 0 Å². The largest absolute Gasteiger partial charge is 0.370 e. The number of nitrogens with one attached hydrogen (secondary N) is 1. The molecular weight excluding hydrogens is 250 g/mol. The van der Waals surface area contributed by atoms with Gasteiger partial charge >= 0.3 is 0 Å². The molecule has 0 aliphatic carbocycles. The standard InChI is InChI=1S/C12H13N3O2S/c13-15-12(16)11-5-1-3-9(14-11)7-17-8-10-4-2-6-18-10/h1-6H,7-8,13H2,(H,15,16). The van der Waals surface area contributed by atoms with Crippen molar-refractivity contribution in [3.63, 3.8) is 0 Å². The van der Waals surface area contributed by atoms with Crippen molar-refractivity contribution < 1.29 is 9.53 Å². The van der Waals surface area contributed by atoms with E-state index in [-0.39, 0.29) is 5.69 Å². The summed E-state index contributed by atoms with van der Waals surface area (Å²) in [5, 5.41) is 2.00. The highest BCUT2D eigenvalue weighted by atomic mass is 32.1. The van der Waals surface area contributed by atoms with E-state index in [1.54, 1.807) is 23.5 Å². The molecule has 0 saturated carbocycles. The van der Waals surface area contributed by atoms with Crippen molar-refractivity contribution >= 4 is 17.2 Å². The number of carbonyl (C=O) groups excluding carboxylic acids is 1. The summed E-state index contributed by atoms with van der Waals surface area (Å²) >= 11 is 1.64. The zero-order valence-electron chi connectivity index (χ0n) is 9.63. The van der Waals surface area contributed by atoms with Crippen LogP contribution >= 0.6 is 11.3 Å². The van der Waals surface area contributed by atoms with Crippen LogP contribution < -0.4 is 11.3 Å². The lowest BCUT2D eigenvalue weighted by molar-refractivity contribution is 0.0943. The van der Waals surface area contributed by atoms with Crippen LogP contribution in [0.2, 0.25) is 0 Å². The molecule has 94 valence electrons. The normalized spacial score (nSPS) is 10.3. The topological polar surface area (TPSA) is 77.2 Å². The van der Waals surface area contributed by atoms with E-state index in [2.05, 4.69) is 4.98 Å². The van der Waals surface area contributed by atoms with Crippen molar-refractivity contribution in [3.05, 3.63) is 52.0 Å². The van der Waals surface area contributed by atoms with Gasteiger partial charge in [-0.2, -0.15) is 0 Å². The first-order chi connectivity index (χ1) is 8.79. The van der Waals surface area contributed by atoms with Crippen molar-refractivity contribution in [1.82, 2.24) is 10.4 Å². The minimum absolute atomic E-state index is 0.287. The average Bonchev–Trinajstić information content (AvgIpc) is 2.91. The number of hydrazine groups is 1. The van der Waals surface area contributed by atoms with E-state index >= 15 is 0 Å². The monoisotopic (exact) mass is 263 g/mol. The van der Waals surface area contributed by atoms with Crippen LogP contribution in [-0.4, -0.2) is 10.9 Å². The number of hydrogen-bond donors (Lipinski definition) is 2. The van der Waals surface area contributed by atoms with Crippen molar-refractivity contribution in [2.45, 2.75) is 13.2 Å². The van der Waals surface area contributed by atoms with Gasteiger partial charge in [0.1, 0.15) is 5.69 Å². The lowest BCUT2D eigenvalue weighted by Gasteiger charge is -2.04. The van der Waals surface area contributed by atoms with Crippen LogP contribution in [0, 0.1) is 0 Å². The molecule has 0 aliphatic rings. The first-order valence-corrected chi connectivity index (χ1v) is 6.24. The van der Waals surface area contributed by atoms with E-state index in [1.165, 1.54) is 0 Å². The maximum atomic E-state index is 11.3. The summed E-state index contributed by atoms with van der Waals surface area (Å²) in [6, 6.07) is 9.15. The molecule has 3 N–H and O–H groups in total. The third kappa shape index (κ3) is 3.36. The SMILES string of the molecule is NNC(=O)c1cccc(COCc2cccs2)n1. The Balaban J connectivity index is 1.91. The van der Waals surface area contributed by atoms with Gasteiger partial charge in [-0.15, -0.1) is 11.3 Å². The molecule has 1 amide bonds. The number of aromatic nitrogens is 1. The molecule has 0 saturated heterocycles. The minimum Gasteiger partial charge on any atom is -0.370 e. The highest BCUT2D eigenvalue weighted by Crippen LogP contribution is 2.11. The predicted octanol–water partition coefficient (Wildman–Crippen LogP) is 1.46. The average molecular weight is 263 g/mol. The van der Waals surface area contributed by atoms with Crippen LogP contribution in [0.4, 0.5) is 0 Å². The third-order valence-electron chi connectivity index (χ3n) is 2.24. The Labute approximate surface area is 109 Å². The van der Waals surface area contributed by atoms with Crippen LogP contribution in [-0.2, 0) is 18.0 Å². The fourth-order valence-corrected chi connectivity index (χ4v) is 2.05. The van der Waals surface area contributed by atoms with Gasteiger partial charge < -0.3 is 4.74 Å². The molecule has 2 heterocycles. The number of amides is 1. The number of ether oxygens (including phenoxy) is 1. The molecule has 5 nitrogen and oxygen atoms in total. The van der Waals surface area contributed by atoms with Gasteiger partial charge in [0.15, 0.2) is 0 Å². The second kappa shape index (κ2) is 6.25. The number of nitrogen functional groups attached to an aromatic ring is 1. The number of nitrogens with two attached hydrogens (primary N) is 1. The van der Waals surface area contributed by atoms with Gasteiger partial charge in [0, 0.05) is 4.88 Å². The Morgan fingerprint density at radius 1 is 1.33 bits per heavy atom. The lowest BCUT2D eigenvalue weighted by atomic mass is 10.3. The van der Waals surface area contributed by atoms with Crippen LogP contribution in [0.1, 0.15) is 21.1 Å². The van der Waals surface area contributed by atoms with Crippen molar-refractivity contribution in [3.8, 4) is 0 Å². The second-order valence-electron chi connectivity index (χ2n) is 3.56. The molecule has 0 radical (unpaired) electrons. The molecule has 2 rings (SSSR count). The van der Waals surface area contributed by atoms with Gasteiger partial charge in [0.2, 0.25) is 0 Å². The number of nitrogens with zero attached hydrogens (tertiary/aromatic N) is 1. The summed E-state index contributed by atoms with van der Waals surface area (Å²) < 4.78 is 5.52. The van der Waals surface area contributed by atoms with E-state index in [0.29, 0.717) is 18.9 Å². The maximum Gasteiger partial charge on any atom is 0.283 e. The van der Waals surface area contributed by atoms with E-state index in [1.807, 2.05) is 29.0 Å². The minimum atomic E-state index is -0.407. The second-order valence-corrected chi connectivity index (χ2v) is 4.59. The number of rotatable bonds is 5. The molecule has 0 fully saturated rings. The third-order valence-corrected chi connectivity index (χ3v) is 3.09. The summed E-state index contributed by atoms with van der Waals surface area (Å²) in [6.45, 7) is 0.913. The zero-order chi connectivity index (χ0) is 12.8. The quantitative estimate of drug-likeness (QED) is 0.486. The van der Waals surface area contributed by atoms with Gasteiger partial charge in [-0.25, -0.2) is 10.8 Å². The Bertz CT molecular complexity index is 514. The summed E-state index contributed by atoms with van der Waals surface area (Å²) in [5.74, 6) is 4.64. The molecular formula is C12H13N3O2S. The molecule has 2 aromatic rings. The van der Waals surface area contributed by atoms with Gasteiger partial charge in [-0.3, -0.25) is 10.2 Å². The molecule has 0 aliphatic heterocycles. The summed E-state index contributed by atoms with van der Waals surface area (Å²) in [7, 11) is 0. The highest BCUT2D eigenvalue weighted by molar-refractivity contribution is 7.09. The molecule has 0 spiro atoms. The molecule has 0 atom stereocenters. The van der Waals surface area contributed by atoms with Gasteiger partial charge in [0.25, 0.3) is 5.91 Å². The van der Waals surface area contributed by atoms with Gasteiger partial charge in [-0.05, 0) is 23.6 Å². The van der Waals surface area contributed by atoms with E-state index < -0.39 is 5.91 Å². The molecule has 6 heteroatoms. The summed E-state index contributed by atoms with van der Waals surface area (Å²) in [4.78, 5) is 16.6. The van der Waals surface area contributed by atoms with Crippen molar-refractivity contribution in [1.29, 1.82) is 0 Å². The molecule has 18 heavy (non-hydrogen) atoms. The Kier molecular flexibility index (Phi) is 4.40. The van der Waals surface area contributed by atoms with Crippen LogP contribution in [0.5, 0.6) is 0 Å². The predicted molar refractivity (Wildman–Crippen MR) is 68.7 cm³/mol. The Morgan fingerprint density at radius 3 is 2.94 bits per heavy atom. The number of carbonyl (C=O) groups is 1. The molecule has 0 aromatic carbocycles. The van der Waals surface area contributed by atoms with Gasteiger partial charge in [-0.1, -0.05) is 12.1 Å². The number of pyridine rings is 1. The van der Waals surface area contributed by atoms with E-state index in [9.17, 15) is 4.79 Å². The highest BCUT2D eigenvalue weighted by Gasteiger charge is 2.05. The first-order valence-electron chi connectivity index (χ1n) is 5.36. The zero-order valence-corrected chi connectivity index (χ0v) is 10.4. The fourth-order valence-electron chi connectivity index (χ4n) is 1.41. The molecule has 0 unspecified atom stereocenters. The summed E-state index contributed by atoms with van der Waals surface area (Å²) in [5.41, 5.74) is 3.03. The van der Waals surface area contributed by atoms with Crippen LogP contribution in [0.25, 0.3) is 0 Å². The maximum absolute atomic E-state index is 11.3. The van der Waals surface area contributed by atoms with Crippen molar-refractivity contribution in [2.24, 2.45) is 5.84 Å². The lowest BCUT2D eigenvalue weighted by Crippen LogP contribution is -2.30. The fraction of sp³-hybridized carbons (Fsp3) is 0.167. The van der Waals surface area contributed by atoms with Gasteiger partial charge in [0.05, 0.1) is 18.9 Å². The first kappa shape index (κ1) is 12.7. The number of hydrogen-bond acceptors (Lipinski definition) is 5. The summed E-state index contributed by atoms with van der Waals surface area (Å²) in [6.07, 6.45) is 0. The Morgan fingerprint density at radius 2 is 2.22 bits per heavy atom. The Hall–Kier alpha value is -1.76.